The molecule has 26 heavy (non-hydrogen) atoms. The van der Waals surface area contributed by atoms with Gasteiger partial charge in [-0.3, -0.25) is 0 Å². The van der Waals surface area contributed by atoms with Crippen molar-refractivity contribution in [3.8, 4) is 5.75 Å². The number of allylic oxidation sites excluding steroid dienone is 2. The maximum atomic E-state index is 12.2. The number of rotatable bonds is 6. The quantitative estimate of drug-likeness (QED) is 0.604. The molecule has 0 amide bonds. The lowest BCUT2D eigenvalue weighted by molar-refractivity contribution is -0.133. The van der Waals surface area contributed by atoms with Crippen LogP contribution >= 0.6 is 0 Å². The van der Waals surface area contributed by atoms with Crippen molar-refractivity contribution in [3.05, 3.63) is 53.3 Å². The molecule has 1 heterocycles. The molecule has 0 saturated heterocycles. The number of carbonyl (C=O) groups is 2. The summed E-state index contributed by atoms with van der Waals surface area (Å²) < 4.78 is 10.7. The van der Waals surface area contributed by atoms with Gasteiger partial charge in [-0.05, 0) is 35.1 Å². The number of hydrogen-bond acceptors (Lipinski definition) is 5. The van der Waals surface area contributed by atoms with Crippen LogP contribution in [0.15, 0.2) is 42.1 Å². The van der Waals surface area contributed by atoms with Gasteiger partial charge in [0.25, 0.3) is 0 Å². The van der Waals surface area contributed by atoms with Crippen LogP contribution in [0.5, 0.6) is 5.75 Å². The second-order valence-corrected chi connectivity index (χ2v) is 6.79. The monoisotopic (exact) mass is 359 g/mol. The molecule has 6 nitrogen and oxygen atoms in total. The van der Waals surface area contributed by atoms with E-state index in [9.17, 15) is 9.59 Å². The number of para-hydroxylation sites is 1. The molecule has 0 aliphatic carbocycles. The lowest BCUT2D eigenvalue weighted by Crippen LogP contribution is -2.29. The smallest absolute Gasteiger partial charge is 0.478 e. The molecule has 0 saturated carbocycles. The highest BCUT2D eigenvalue weighted by Crippen LogP contribution is 2.34. The van der Waals surface area contributed by atoms with Gasteiger partial charge < -0.3 is 19.5 Å². The SMILES string of the molecule is CC(C)c1cccc(C(C)C)c1OC(=O)OCN1C=CC=C(C(=O)O)C1. The first kappa shape index (κ1) is 19.6. The van der Waals surface area contributed by atoms with Crippen LogP contribution in [-0.4, -0.2) is 35.4 Å². The highest BCUT2D eigenvalue weighted by atomic mass is 16.7. The average Bonchev–Trinajstić information content (AvgIpc) is 2.60. The van der Waals surface area contributed by atoms with Crippen molar-refractivity contribution >= 4 is 12.1 Å². The Kier molecular flexibility index (Phi) is 6.44. The second kappa shape index (κ2) is 8.56. The van der Waals surface area contributed by atoms with E-state index < -0.39 is 12.1 Å². The standard InChI is InChI=1S/C20H25NO5/c1-13(2)16-8-5-9-17(14(3)4)18(16)26-20(24)25-12-21-10-6-7-15(11-21)19(22)23/h5-10,13-14H,11-12H2,1-4H3,(H,22,23). The van der Waals surface area contributed by atoms with Gasteiger partial charge in [0.05, 0.1) is 12.1 Å². The molecule has 140 valence electrons. The first-order chi connectivity index (χ1) is 12.3. The minimum Gasteiger partial charge on any atom is -0.478 e. The summed E-state index contributed by atoms with van der Waals surface area (Å²) in [7, 11) is 0. The number of benzene rings is 1. The van der Waals surface area contributed by atoms with E-state index in [0.717, 1.165) is 11.1 Å². The molecule has 0 bridgehead atoms. The summed E-state index contributed by atoms with van der Waals surface area (Å²) in [5, 5.41) is 9.03. The average molecular weight is 359 g/mol. The van der Waals surface area contributed by atoms with Crippen molar-refractivity contribution in [2.24, 2.45) is 0 Å². The van der Waals surface area contributed by atoms with Gasteiger partial charge in [0.2, 0.25) is 0 Å². The second-order valence-electron chi connectivity index (χ2n) is 6.79. The Balaban J connectivity index is 2.03. The molecular weight excluding hydrogens is 334 g/mol. The van der Waals surface area contributed by atoms with E-state index >= 15 is 0 Å². The van der Waals surface area contributed by atoms with E-state index in [-0.39, 0.29) is 30.7 Å². The molecule has 2 rings (SSSR count). The van der Waals surface area contributed by atoms with Gasteiger partial charge in [0, 0.05) is 6.20 Å². The first-order valence-corrected chi connectivity index (χ1v) is 8.61. The van der Waals surface area contributed by atoms with Crippen molar-refractivity contribution in [2.45, 2.75) is 39.5 Å². The van der Waals surface area contributed by atoms with Gasteiger partial charge in [-0.1, -0.05) is 45.9 Å². The topological polar surface area (TPSA) is 76.1 Å². The lowest BCUT2D eigenvalue weighted by Gasteiger charge is -2.23. The van der Waals surface area contributed by atoms with Gasteiger partial charge in [0.1, 0.15) is 5.75 Å². The summed E-state index contributed by atoms with van der Waals surface area (Å²) in [5.74, 6) is -0.0493. The van der Waals surface area contributed by atoms with E-state index in [1.54, 1.807) is 17.2 Å². The summed E-state index contributed by atoms with van der Waals surface area (Å²) >= 11 is 0. The Morgan fingerprint density at radius 2 is 1.77 bits per heavy atom. The number of hydrogen-bond donors (Lipinski definition) is 1. The van der Waals surface area contributed by atoms with Crippen molar-refractivity contribution in [2.75, 3.05) is 13.3 Å². The third-order valence-corrected chi connectivity index (χ3v) is 4.10. The molecule has 6 heteroatoms. The Labute approximate surface area is 153 Å². The number of ether oxygens (including phenoxy) is 2. The molecule has 1 aromatic carbocycles. The van der Waals surface area contributed by atoms with E-state index in [0.29, 0.717) is 5.75 Å². The zero-order valence-corrected chi connectivity index (χ0v) is 15.6. The highest BCUT2D eigenvalue weighted by molar-refractivity contribution is 5.87. The fraction of sp³-hybridized carbons (Fsp3) is 0.400. The highest BCUT2D eigenvalue weighted by Gasteiger charge is 2.20. The van der Waals surface area contributed by atoms with Gasteiger partial charge in [0.15, 0.2) is 6.73 Å². The molecule has 0 radical (unpaired) electrons. The molecule has 0 unspecified atom stereocenters. The normalized spacial score (nSPS) is 13.8. The Bertz CT molecular complexity index is 707. The Morgan fingerprint density at radius 3 is 2.31 bits per heavy atom. The molecule has 1 N–H and O–H groups in total. The number of carbonyl (C=O) groups excluding carboxylic acids is 1. The molecule has 0 fully saturated rings. The molecule has 1 aliphatic rings. The van der Waals surface area contributed by atoms with Crippen LogP contribution in [0, 0.1) is 0 Å². The molecule has 0 aromatic heterocycles. The maximum absolute atomic E-state index is 12.2. The van der Waals surface area contributed by atoms with Crippen LogP contribution < -0.4 is 4.74 Å². The number of carboxylic acids is 1. The predicted octanol–water partition coefficient (Wildman–Crippen LogP) is 4.25. The van der Waals surface area contributed by atoms with Gasteiger partial charge in [-0.15, -0.1) is 0 Å². The van der Waals surface area contributed by atoms with Crippen LogP contribution in [0.1, 0.15) is 50.7 Å². The number of nitrogens with zero attached hydrogens (tertiary/aromatic N) is 1. The Morgan fingerprint density at radius 1 is 1.15 bits per heavy atom. The summed E-state index contributed by atoms with van der Waals surface area (Å²) in [6.45, 7) is 8.23. The molecular formula is C20H25NO5. The third kappa shape index (κ3) is 4.88. The Hall–Kier alpha value is -2.76. The van der Waals surface area contributed by atoms with Crippen molar-refractivity contribution in [1.29, 1.82) is 0 Å². The summed E-state index contributed by atoms with van der Waals surface area (Å²) in [5.41, 5.74) is 2.13. The zero-order chi connectivity index (χ0) is 19.3. The van der Waals surface area contributed by atoms with Crippen LogP contribution in [0.4, 0.5) is 4.79 Å². The fourth-order valence-corrected chi connectivity index (χ4v) is 2.68. The minimum atomic E-state index is -0.991. The maximum Gasteiger partial charge on any atom is 0.515 e. The van der Waals surface area contributed by atoms with Gasteiger partial charge >= 0.3 is 12.1 Å². The van der Waals surface area contributed by atoms with Gasteiger partial charge in [-0.25, -0.2) is 9.59 Å². The van der Waals surface area contributed by atoms with Crippen LogP contribution in [0.2, 0.25) is 0 Å². The van der Waals surface area contributed by atoms with Crippen LogP contribution in [0.3, 0.4) is 0 Å². The van der Waals surface area contributed by atoms with E-state index in [4.69, 9.17) is 14.6 Å². The predicted molar refractivity (Wildman–Crippen MR) is 98.2 cm³/mol. The molecule has 1 aromatic rings. The van der Waals surface area contributed by atoms with Gasteiger partial charge in [-0.2, -0.15) is 0 Å². The van der Waals surface area contributed by atoms with E-state index in [2.05, 4.69) is 0 Å². The number of carboxylic acid groups (broad SMARTS) is 1. The van der Waals surface area contributed by atoms with Crippen molar-refractivity contribution in [1.82, 2.24) is 4.90 Å². The van der Waals surface area contributed by atoms with Crippen LogP contribution in [0.25, 0.3) is 0 Å². The lowest BCUT2D eigenvalue weighted by atomic mass is 9.94. The van der Waals surface area contributed by atoms with Crippen molar-refractivity contribution < 1.29 is 24.2 Å². The fourth-order valence-electron chi connectivity index (χ4n) is 2.68. The van der Waals surface area contributed by atoms with E-state index in [1.165, 1.54) is 6.08 Å². The zero-order valence-electron chi connectivity index (χ0n) is 15.6. The van der Waals surface area contributed by atoms with Crippen LogP contribution in [-0.2, 0) is 9.53 Å². The summed E-state index contributed by atoms with van der Waals surface area (Å²) in [4.78, 5) is 24.8. The first-order valence-electron chi connectivity index (χ1n) is 8.61. The molecule has 0 spiro atoms. The summed E-state index contributed by atoms with van der Waals surface area (Å²) in [6.07, 6.45) is 3.98. The number of aliphatic carboxylic acids is 1. The summed E-state index contributed by atoms with van der Waals surface area (Å²) in [6, 6.07) is 5.84. The van der Waals surface area contributed by atoms with E-state index in [1.807, 2.05) is 45.9 Å². The minimum absolute atomic E-state index is 0.0825. The molecule has 1 aliphatic heterocycles. The largest absolute Gasteiger partial charge is 0.515 e. The molecule has 0 atom stereocenters. The van der Waals surface area contributed by atoms with Crippen molar-refractivity contribution in [3.63, 3.8) is 0 Å². The third-order valence-electron chi connectivity index (χ3n) is 4.10.